The first-order valence-electron chi connectivity index (χ1n) is 7.98. The number of hydrogen-bond donors (Lipinski definition) is 1. The van der Waals surface area contributed by atoms with Gasteiger partial charge in [-0.1, -0.05) is 12.1 Å². The summed E-state index contributed by atoms with van der Waals surface area (Å²) in [5.74, 6) is -1.18. The number of hydrogen-bond acceptors (Lipinski definition) is 5. The summed E-state index contributed by atoms with van der Waals surface area (Å²) < 4.78 is 39.7. The largest absolute Gasteiger partial charge is 0.755 e. The first-order chi connectivity index (χ1) is 12.7. The second-order valence-corrected chi connectivity index (χ2v) is 7.58. The number of carbonyl (C=O) groups is 1. The maximum absolute atomic E-state index is 14.1. The van der Waals surface area contributed by atoms with E-state index in [1.807, 2.05) is 20.8 Å². The van der Waals surface area contributed by atoms with Crippen molar-refractivity contribution in [3.63, 3.8) is 0 Å². The van der Waals surface area contributed by atoms with Gasteiger partial charge in [0.05, 0.1) is 23.2 Å². The first kappa shape index (κ1) is 18.9. The molecule has 0 aliphatic carbocycles. The van der Waals surface area contributed by atoms with Gasteiger partial charge in [-0.3, -0.25) is 13.3 Å². The lowest BCUT2D eigenvalue weighted by Crippen LogP contribution is -2.40. The van der Waals surface area contributed by atoms with Crippen LogP contribution in [0.5, 0.6) is 0 Å². The Hall–Kier alpha value is -2.85. The lowest BCUT2D eigenvalue weighted by Gasteiger charge is -2.25. The van der Waals surface area contributed by atoms with E-state index in [4.69, 9.17) is 0 Å². The predicted octanol–water partition coefficient (Wildman–Crippen LogP) is 2.33. The van der Waals surface area contributed by atoms with E-state index < -0.39 is 28.5 Å². The average Bonchev–Trinajstić information content (AvgIpc) is 2.98. The fourth-order valence-electron chi connectivity index (χ4n) is 2.44. The molecule has 1 amide bonds. The number of para-hydroxylation sites is 1. The Bertz CT molecular complexity index is 1030. The molecule has 0 bridgehead atoms. The highest BCUT2D eigenvalue weighted by molar-refractivity contribution is 7.81. The minimum Gasteiger partial charge on any atom is -0.755 e. The van der Waals surface area contributed by atoms with Crippen LogP contribution >= 0.6 is 0 Å². The molecule has 142 valence electrons. The smallest absolute Gasteiger partial charge is 0.257 e. The van der Waals surface area contributed by atoms with Gasteiger partial charge in [0.15, 0.2) is 5.65 Å². The zero-order chi connectivity index (χ0) is 19.8. The van der Waals surface area contributed by atoms with Crippen LogP contribution in [0.3, 0.4) is 0 Å². The van der Waals surface area contributed by atoms with E-state index in [1.54, 1.807) is 0 Å². The number of anilines is 2. The maximum atomic E-state index is 14.1. The third-order valence-corrected chi connectivity index (χ3v) is 4.20. The topological polar surface area (TPSA) is 103 Å². The molecule has 1 atom stereocenters. The Morgan fingerprint density at radius 2 is 2.00 bits per heavy atom. The fourth-order valence-corrected chi connectivity index (χ4v) is 3.00. The Morgan fingerprint density at radius 1 is 1.30 bits per heavy atom. The fraction of sp³-hybridized carbons (Fsp3) is 0.235. The number of fused-ring (bicyclic) bond motifs is 1. The van der Waals surface area contributed by atoms with E-state index >= 15 is 0 Å². The van der Waals surface area contributed by atoms with E-state index in [0.29, 0.717) is 4.31 Å². The van der Waals surface area contributed by atoms with Gasteiger partial charge in [0, 0.05) is 17.8 Å². The minimum absolute atomic E-state index is 0.0637. The van der Waals surface area contributed by atoms with Crippen LogP contribution in [0.4, 0.5) is 15.9 Å². The molecule has 0 aliphatic heterocycles. The van der Waals surface area contributed by atoms with Crippen LogP contribution in [-0.2, 0) is 11.3 Å². The van der Waals surface area contributed by atoms with Crippen LogP contribution in [0.15, 0.2) is 42.7 Å². The summed E-state index contributed by atoms with van der Waals surface area (Å²) in [6.45, 7) is 5.49. The number of nitrogens with zero attached hydrogens (tertiary/aromatic N) is 4. The van der Waals surface area contributed by atoms with Crippen molar-refractivity contribution in [2.75, 3.05) is 4.31 Å². The van der Waals surface area contributed by atoms with Gasteiger partial charge in [0.2, 0.25) is 0 Å². The lowest BCUT2D eigenvalue weighted by atomic mass is 10.1. The van der Waals surface area contributed by atoms with Crippen molar-refractivity contribution >= 4 is 34.3 Å². The molecule has 2 aromatic heterocycles. The molecule has 1 N–H and O–H groups in total. The number of nitrogens with one attached hydrogen (secondary N) is 1. The molecule has 8 nitrogen and oxygen atoms in total. The van der Waals surface area contributed by atoms with Crippen molar-refractivity contribution in [3.8, 4) is 0 Å². The van der Waals surface area contributed by atoms with Crippen molar-refractivity contribution in [2.24, 2.45) is 0 Å². The zero-order valence-corrected chi connectivity index (χ0v) is 15.7. The van der Waals surface area contributed by atoms with Crippen molar-refractivity contribution in [3.05, 3.63) is 54.1 Å². The van der Waals surface area contributed by atoms with Gasteiger partial charge in [-0.05, 0) is 32.9 Å². The molecule has 27 heavy (non-hydrogen) atoms. The number of rotatable bonds is 4. The molecule has 0 radical (unpaired) electrons. The van der Waals surface area contributed by atoms with Crippen LogP contribution in [0.2, 0.25) is 0 Å². The number of halogens is 1. The van der Waals surface area contributed by atoms with Crippen molar-refractivity contribution < 1.29 is 17.9 Å². The normalized spacial score (nSPS) is 12.8. The van der Waals surface area contributed by atoms with Crippen LogP contribution < -0.4 is 9.62 Å². The summed E-state index contributed by atoms with van der Waals surface area (Å²) in [4.78, 5) is 16.7. The van der Waals surface area contributed by atoms with Gasteiger partial charge in [-0.15, -0.1) is 0 Å². The summed E-state index contributed by atoms with van der Waals surface area (Å²) in [5.41, 5.74) is -0.320. The van der Waals surface area contributed by atoms with Crippen LogP contribution in [-0.4, -0.2) is 34.8 Å². The molecule has 0 spiro atoms. The second-order valence-electron chi connectivity index (χ2n) is 6.78. The number of aromatic nitrogens is 3. The number of benzene rings is 1. The molecule has 1 aromatic carbocycles. The van der Waals surface area contributed by atoms with Crippen molar-refractivity contribution in [1.82, 2.24) is 19.9 Å². The molecule has 1 unspecified atom stereocenters. The molecule has 3 aromatic rings. The van der Waals surface area contributed by atoms with E-state index in [1.165, 1.54) is 41.2 Å². The molecular weight excluding hydrogens is 373 g/mol. The van der Waals surface area contributed by atoms with E-state index in [9.17, 15) is 17.9 Å². The summed E-state index contributed by atoms with van der Waals surface area (Å²) >= 11 is -2.83. The molecule has 2 heterocycles. The zero-order valence-electron chi connectivity index (χ0n) is 14.8. The number of amides is 1. The molecule has 0 saturated carbocycles. The van der Waals surface area contributed by atoms with Gasteiger partial charge in [-0.25, -0.2) is 13.9 Å². The first-order valence-corrected chi connectivity index (χ1v) is 9.01. The number of carbonyl (C=O) groups excluding carboxylic acids is 1. The highest BCUT2D eigenvalue weighted by Crippen LogP contribution is 2.28. The molecule has 0 aliphatic rings. The van der Waals surface area contributed by atoms with Crippen LogP contribution in [0, 0.1) is 5.82 Å². The van der Waals surface area contributed by atoms with E-state index in [2.05, 4.69) is 15.4 Å². The minimum atomic E-state index is -2.83. The van der Waals surface area contributed by atoms with Crippen LogP contribution in [0.25, 0.3) is 5.65 Å². The Labute approximate surface area is 157 Å². The Kier molecular flexibility index (Phi) is 4.94. The van der Waals surface area contributed by atoms with Crippen molar-refractivity contribution in [2.45, 2.75) is 26.3 Å². The third kappa shape index (κ3) is 3.96. The molecular formula is C17H17FN5O3S-. The van der Waals surface area contributed by atoms with E-state index in [0.717, 1.165) is 6.07 Å². The molecule has 10 heteroatoms. The SMILES string of the molecule is CC(C)(C)NC(=O)c1cnn2ccc(N(c3ccccc3F)S(=O)[O-])nc12. The summed E-state index contributed by atoms with van der Waals surface area (Å²) in [6, 6.07) is 6.80. The third-order valence-electron chi connectivity index (χ3n) is 3.52. The highest BCUT2D eigenvalue weighted by atomic mass is 32.2. The van der Waals surface area contributed by atoms with Gasteiger partial charge < -0.3 is 9.87 Å². The highest BCUT2D eigenvalue weighted by Gasteiger charge is 2.22. The quantitative estimate of drug-likeness (QED) is 0.689. The van der Waals surface area contributed by atoms with Crippen molar-refractivity contribution in [1.29, 1.82) is 0 Å². The average molecular weight is 390 g/mol. The standard InChI is InChI=1S/C17H18FN5O3S/c1-17(2,3)21-16(24)11-10-19-22-9-8-14(20-15(11)22)23(27(25)26)13-7-5-4-6-12(13)18/h4-10H,1-3H3,(H,21,24)(H,25,26)/p-1. The molecule has 0 fully saturated rings. The van der Waals surface area contributed by atoms with Crippen LogP contribution in [0.1, 0.15) is 31.1 Å². The molecule has 0 saturated heterocycles. The summed E-state index contributed by atoms with van der Waals surface area (Å²) in [7, 11) is 0. The van der Waals surface area contributed by atoms with Gasteiger partial charge in [0.1, 0.15) is 17.2 Å². The summed E-state index contributed by atoms with van der Waals surface area (Å²) in [6.07, 6.45) is 2.79. The Morgan fingerprint density at radius 3 is 2.63 bits per heavy atom. The van der Waals surface area contributed by atoms with Gasteiger partial charge in [0.25, 0.3) is 5.91 Å². The summed E-state index contributed by atoms with van der Waals surface area (Å²) in [5, 5.41) is 6.85. The predicted molar refractivity (Wildman–Crippen MR) is 97.7 cm³/mol. The second kappa shape index (κ2) is 7.05. The van der Waals surface area contributed by atoms with E-state index in [-0.39, 0.29) is 22.7 Å². The van der Waals surface area contributed by atoms with Gasteiger partial charge in [-0.2, -0.15) is 5.10 Å². The maximum Gasteiger partial charge on any atom is 0.257 e. The Balaban J connectivity index is 2.10. The molecule has 3 rings (SSSR count). The van der Waals surface area contributed by atoms with Gasteiger partial charge >= 0.3 is 0 Å². The monoisotopic (exact) mass is 390 g/mol. The lowest BCUT2D eigenvalue weighted by molar-refractivity contribution is 0.0921.